The molecule has 0 spiro atoms. The van der Waals surface area contributed by atoms with Gasteiger partial charge in [-0.1, -0.05) is 41.5 Å². The molecule has 11 N–H and O–H groups in total. The molecule has 4 aliphatic heterocycles. The molecule has 0 saturated carbocycles. The molecular weight excluding hydrogens is 1770 g/mol. The minimum absolute atomic E-state index is 0.0520. The minimum atomic E-state index is -4.34. The summed E-state index contributed by atoms with van der Waals surface area (Å²) < 4.78 is 135. The monoisotopic (exact) mass is 1880 g/mol. The first-order valence-corrected chi connectivity index (χ1v) is 49.0. The van der Waals surface area contributed by atoms with Gasteiger partial charge in [0.05, 0.1) is 48.0 Å². The van der Waals surface area contributed by atoms with Crippen LogP contribution in [0.25, 0.3) is 23.3 Å². The normalized spacial score (nSPS) is 16.8. The average molecular weight is 1890 g/mol. The number of aromatic nitrogens is 2. The fraction of sp³-hybridized carbons (Fsp3) is 0.494. The number of likely N-dealkylation sites (N-methyl/N-ethyl adjacent to an activating group) is 4. The van der Waals surface area contributed by atoms with Crippen LogP contribution in [0.15, 0.2) is 65.4 Å². The second kappa shape index (κ2) is 46.0. The summed E-state index contributed by atoms with van der Waals surface area (Å²) in [6.45, 7) is 30.4. The Morgan fingerprint density at radius 1 is 0.583 bits per heavy atom. The van der Waals surface area contributed by atoms with E-state index in [1.54, 1.807) is 52.2 Å². The van der Waals surface area contributed by atoms with Gasteiger partial charge in [0.15, 0.2) is 27.8 Å². The lowest BCUT2D eigenvalue weighted by molar-refractivity contribution is -0.163. The summed E-state index contributed by atoms with van der Waals surface area (Å²) in [7, 11) is -12.9. The molecule has 127 heavy (non-hydrogen) atoms. The number of sulfone groups is 1. The van der Waals surface area contributed by atoms with Crippen LogP contribution in [0.2, 0.25) is 0 Å². The highest BCUT2D eigenvalue weighted by molar-refractivity contribution is 7.95. The molecule has 0 unspecified atom stereocenters. The molecule has 0 radical (unpaired) electrons. The quantitative estimate of drug-likeness (QED) is 0.00835. The first-order chi connectivity index (χ1) is 60.0. The molecule has 696 valence electrons. The number of methoxy groups -OCH3 is 2. The topological polar surface area (TPSA) is 526 Å². The predicted molar refractivity (Wildman–Crippen MR) is 476 cm³/mol. The number of nitrogens with zero attached hydrogens (tertiary/aromatic N) is 4. The van der Waals surface area contributed by atoms with Gasteiger partial charge in [-0.15, -0.1) is 22.7 Å². The number of nitrogens with one attached hydrogen (secondary N) is 8. The van der Waals surface area contributed by atoms with Crippen LogP contribution >= 0.6 is 22.7 Å². The van der Waals surface area contributed by atoms with E-state index in [0.29, 0.717) is 172 Å². The number of carbonyl (C=O) groups is 10. The summed E-state index contributed by atoms with van der Waals surface area (Å²) in [5.41, 5.74) is 8.18. The second-order valence-corrected chi connectivity index (χ2v) is 40.3. The van der Waals surface area contributed by atoms with Crippen molar-refractivity contribution in [1.29, 1.82) is 0 Å². The molecule has 0 saturated heterocycles. The van der Waals surface area contributed by atoms with Crippen LogP contribution in [0.4, 0.5) is 11.4 Å². The van der Waals surface area contributed by atoms with Crippen molar-refractivity contribution in [1.82, 2.24) is 49.6 Å². The molecule has 4 amide bonds. The third-order valence-electron chi connectivity index (χ3n) is 21.1. The van der Waals surface area contributed by atoms with Crippen molar-refractivity contribution in [2.75, 3.05) is 135 Å². The van der Waals surface area contributed by atoms with Crippen LogP contribution in [-0.4, -0.2) is 263 Å². The van der Waals surface area contributed by atoms with E-state index in [0.717, 1.165) is 32.7 Å². The smallest absolute Gasteiger partial charge is 0.344 e. The minimum Gasteiger partial charge on any atom is -0.479 e. The number of amides is 4. The Kier molecular flexibility index (Phi) is 37.1. The number of hydrogen-bond acceptors (Lipinski definition) is 30. The number of carboxylic acids is 1. The molecule has 4 atom stereocenters. The number of H-pyrrole nitrogens is 2. The first-order valence-electron chi connectivity index (χ1n) is 41.3. The lowest BCUT2D eigenvalue weighted by atomic mass is 10.0. The molecule has 10 rings (SSSR count). The fourth-order valence-electron chi connectivity index (χ4n) is 14.2. The molecule has 4 aromatic heterocycles. The van der Waals surface area contributed by atoms with E-state index in [1.165, 1.54) is 66.0 Å². The highest BCUT2D eigenvalue weighted by Gasteiger charge is 2.43. The number of fused-ring (bicyclic) bond motifs is 4. The lowest BCUT2D eigenvalue weighted by Gasteiger charge is -2.32. The third kappa shape index (κ3) is 26.5. The van der Waals surface area contributed by atoms with Crippen LogP contribution in [-0.2, 0) is 97.2 Å². The summed E-state index contributed by atoms with van der Waals surface area (Å²) in [6, 6.07) is 11.1. The second-order valence-electron chi connectivity index (χ2n) is 29.9. The number of hydrogen-bond donors (Lipinski definition) is 10. The van der Waals surface area contributed by atoms with Gasteiger partial charge >= 0.3 is 29.8 Å². The van der Waals surface area contributed by atoms with Crippen molar-refractivity contribution in [3.05, 3.63) is 116 Å². The molecule has 0 aliphatic carbocycles. The predicted octanol–water partition coefficient (Wildman–Crippen LogP) is 6.59. The van der Waals surface area contributed by atoms with Gasteiger partial charge in [0, 0.05) is 148 Å². The first kappa shape index (κ1) is 103. The molecule has 4 aliphatic rings. The molecule has 6 aromatic rings. The number of ether oxygens (including phenoxy) is 6. The van der Waals surface area contributed by atoms with Crippen LogP contribution in [0.3, 0.4) is 0 Å². The van der Waals surface area contributed by atoms with Gasteiger partial charge < -0.3 is 85.2 Å². The van der Waals surface area contributed by atoms with Crippen molar-refractivity contribution in [3.63, 3.8) is 0 Å². The Labute approximate surface area is 747 Å². The molecule has 2 aromatic carbocycles. The zero-order valence-electron chi connectivity index (χ0n) is 73.4. The zero-order valence-corrected chi connectivity index (χ0v) is 78.3. The largest absolute Gasteiger partial charge is 0.479 e. The SMILES string of the molecule is CCN(CC)CCNC(=O)c1c(C)[nH]c(/C=C2\C(=O)Nc3ccc(OC(=O)CCC(=O)O[C@@H](C)C(=O)O)cc32)c1C.CCN[C@H]1CN(CCCOC)S(=O)(=O)c2sc(S(=O)(=O)CC(=O)[C@H](C)OC(=O)CCC(=O)Oc3ccc4c(c3)/C(=C/c3[nH]c(C)c(C(=O)NCCN(CC)CC)c3C)C(=O)N4)cc21.CCN[C@H]1CN(CCCOC)S(=O)(=O)c2sc(S(N)(=O)=O)cc21. The van der Waals surface area contributed by atoms with Crippen LogP contribution in [0, 0.1) is 27.7 Å². The Morgan fingerprint density at radius 2 is 0.969 bits per heavy atom. The standard InChI is InChI=1S/C42H56N6O12S3.C29H36N4O8.C12H21N3O5S3/c1-8-43-34-23-48(17-11-19-58-7)63(56,57)42-31(34)22-38(61-42)62(54,55)24-35(49)27(6)59-36(50)14-15-37(51)60-28-12-13-32-29(20-28)30(40(52)46-32)21-33-25(4)39(26(5)45-33)41(53)44-16-18-47(9-2)10-3;1-6-33(7-2)13-12-30-28(37)26-16(3)23(31-17(26)4)15-21-20-14-19(8-9-22(20)32-27(21)36)41-25(35)11-10-24(34)40-18(5)29(38)39;1-3-14-10-8-15(5-4-6-20-2)23(18,19)12-9(10)7-11(21-12)22(13,16)17/h12-13,20-22,27,34,43,45H,8-11,14-19,23-24H2,1-7H3,(H,44,53)(H,46,52);8-9,14-15,18,31H,6-7,10-13H2,1-5H3,(H,30,37)(H,32,36)(H,38,39);7,10,14H,3-6,8H2,1-2H3,(H2,13,16,17)/b30-21-;21-15-;/t27-,34-;18-;10-/m000/s1. The van der Waals surface area contributed by atoms with Gasteiger partial charge in [0.1, 0.15) is 34.1 Å². The maximum atomic E-state index is 13.5. The number of aryl methyl sites for hydroxylation is 2. The number of primary sulfonamides is 1. The van der Waals surface area contributed by atoms with Gasteiger partial charge in [0.25, 0.3) is 43.7 Å². The highest BCUT2D eigenvalue weighted by Crippen LogP contribution is 2.44. The summed E-state index contributed by atoms with van der Waals surface area (Å²) in [5, 5.41) is 31.8. The number of esters is 4. The Bertz CT molecular complexity index is 5610. The summed E-state index contributed by atoms with van der Waals surface area (Å²) in [6.07, 6.45) is -0.109. The van der Waals surface area contributed by atoms with Crippen LogP contribution in [0.1, 0.15) is 183 Å². The number of aromatic amines is 2. The van der Waals surface area contributed by atoms with Gasteiger partial charge in [0.2, 0.25) is 10.0 Å². The molecular formula is C83H113N13O25S6. The van der Waals surface area contributed by atoms with Gasteiger partial charge in [-0.2, -0.15) is 8.61 Å². The number of nitrogens with two attached hydrogens (primary N) is 1. The molecule has 0 fully saturated rings. The van der Waals surface area contributed by atoms with E-state index < -0.39 is 118 Å². The molecule has 38 nitrogen and oxygen atoms in total. The van der Waals surface area contributed by atoms with E-state index >= 15 is 0 Å². The van der Waals surface area contributed by atoms with E-state index in [4.69, 9.17) is 38.7 Å². The maximum Gasteiger partial charge on any atom is 0.344 e. The number of thiophene rings is 2. The van der Waals surface area contributed by atoms with Gasteiger partial charge in [-0.3, -0.25) is 43.2 Å². The van der Waals surface area contributed by atoms with E-state index in [9.17, 15) is 81.6 Å². The van der Waals surface area contributed by atoms with Crippen LogP contribution in [0.5, 0.6) is 11.5 Å². The van der Waals surface area contributed by atoms with E-state index in [-0.39, 0.29) is 90.1 Å². The van der Waals surface area contributed by atoms with Gasteiger partial charge in [-0.05, 0) is 165 Å². The average Bonchev–Trinajstić information content (AvgIpc) is 1.62. The highest BCUT2D eigenvalue weighted by atomic mass is 32.3. The number of Topliss-reactive ketones (excluding diaryl/α,β-unsaturated/α-hetero) is 1. The van der Waals surface area contributed by atoms with Crippen molar-refractivity contribution >= 4 is 157 Å². The number of anilines is 2. The summed E-state index contributed by atoms with van der Waals surface area (Å²) >= 11 is 1.28. The zero-order chi connectivity index (χ0) is 93.7. The number of aliphatic carboxylic acids is 1. The number of ketones is 1. The third-order valence-corrected chi connectivity index (χ3v) is 31.8. The lowest BCUT2D eigenvalue weighted by Crippen LogP contribution is -2.43. The Balaban J connectivity index is 0.000000265. The summed E-state index contributed by atoms with van der Waals surface area (Å²) in [5.74, 6) is -7.51. The maximum absolute atomic E-state index is 13.5. The van der Waals surface area contributed by atoms with Crippen molar-refractivity contribution in [2.45, 2.75) is 163 Å². The number of sulfonamides is 3. The number of carbonyl (C=O) groups excluding carboxylic acids is 9. The molecule has 0 bridgehead atoms. The van der Waals surface area contributed by atoms with E-state index in [1.807, 2.05) is 20.8 Å². The van der Waals surface area contributed by atoms with Crippen LogP contribution < -0.4 is 46.5 Å². The number of rotatable bonds is 42. The van der Waals surface area contributed by atoms with Crippen molar-refractivity contribution in [3.8, 4) is 11.5 Å². The van der Waals surface area contributed by atoms with E-state index in [2.05, 4.69) is 79.4 Å². The van der Waals surface area contributed by atoms with Crippen molar-refractivity contribution < 1.29 is 115 Å². The fourth-order valence-corrected chi connectivity index (χ4v) is 23.8. The summed E-state index contributed by atoms with van der Waals surface area (Å²) in [4.78, 5) is 136. The number of carboxylic acid groups (broad SMARTS) is 1. The molecule has 44 heteroatoms. The molecule has 8 heterocycles. The van der Waals surface area contributed by atoms with Crippen molar-refractivity contribution in [2.24, 2.45) is 5.14 Å². The Hall–Kier alpha value is -9.78. The Morgan fingerprint density at radius 3 is 1.35 bits per heavy atom. The number of benzene rings is 2. The van der Waals surface area contributed by atoms with Gasteiger partial charge in [-0.25, -0.2) is 43.6 Å².